The maximum Gasteiger partial charge on any atom is 0.272 e. The van der Waals surface area contributed by atoms with Crippen molar-refractivity contribution in [1.29, 1.82) is 0 Å². The molecular formula is C8H6BrF2N3OS. The molecule has 8 heteroatoms. The van der Waals surface area contributed by atoms with E-state index in [9.17, 15) is 13.6 Å². The standard InChI is InChI=1S/C8H6BrF2N3OS/c9-6-5(7(15)12-3-4(10)11)13-8-14(6)1-2-16-8/h1-2,4H,3H2,(H,12,15). The zero-order chi connectivity index (χ0) is 11.7. The number of fused-ring (bicyclic) bond motifs is 1. The summed E-state index contributed by atoms with van der Waals surface area (Å²) < 4.78 is 25.9. The van der Waals surface area contributed by atoms with Gasteiger partial charge in [0, 0.05) is 11.6 Å². The Hall–Kier alpha value is -1.02. The second kappa shape index (κ2) is 4.46. The van der Waals surface area contributed by atoms with Crippen LogP contribution in [0, 0.1) is 0 Å². The molecule has 0 radical (unpaired) electrons. The lowest BCUT2D eigenvalue weighted by atomic mass is 10.4. The van der Waals surface area contributed by atoms with Crippen molar-refractivity contribution in [3.05, 3.63) is 21.9 Å². The second-order valence-corrected chi connectivity index (χ2v) is 4.53. The van der Waals surface area contributed by atoms with Crippen LogP contribution in [0.25, 0.3) is 4.96 Å². The van der Waals surface area contributed by atoms with Gasteiger partial charge in [0.1, 0.15) is 4.60 Å². The summed E-state index contributed by atoms with van der Waals surface area (Å²) in [4.78, 5) is 16.2. The van der Waals surface area contributed by atoms with Crippen molar-refractivity contribution in [2.45, 2.75) is 6.43 Å². The fraction of sp³-hybridized carbons (Fsp3) is 0.250. The van der Waals surface area contributed by atoms with Crippen molar-refractivity contribution in [2.75, 3.05) is 6.54 Å². The number of amides is 1. The minimum absolute atomic E-state index is 0.118. The van der Waals surface area contributed by atoms with Gasteiger partial charge in [-0.25, -0.2) is 13.8 Å². The molecular weight excluding hydrogens is 304 g/mol. The molecule has 0 unspecified atom stereocenters. The molecule has 0 saturated carbocycles. The summed E-state index contributed by atoms with van der Waals surface area (Å²) in [7, 11) is 0. The summed E-state index contributed by atoms with van der Waals surface area (Å²) in [5.41, 5.74) is 0.118. The first-order chi connectivity index (χ1) is 7.59. The van der Waals surface area contributed by atoms with Crippen LogP contribution in [0.2, 0.25) is 0 Å². The molecule has 4 nitrogen and oxygen atoms in total. The van der Waals surface area contributed by atoms with E-state index in [2.05, 4.69) is 26.2 Å². The quantitative estimate of drug-likeness (QED) is 0.944. The molecule has 0 aliphatic heterocycles. The van der Waals surface area contributed by atoms with E-state index in [1.165, 1.54) is 11.3 Å². The highest BCUT2D eigenvalue weighted by Gasteiger charge is 2.18. The summed E-state index contributed by atoms with van der Waals surface area (Å²) in [5.74, 6) is -0.608. The number of hydrogen-bond acceptors (Lipinski definition) is 3. The van der Waals surface area contributed by atoms with Gasteiger partial charge < -0.3 is 5.32 Å². The highest BCUT2D eigenvalue weighted by molar-refractivity contribution is 9.10. The van der Waals surface area contributed by atoms with Crippen molar-refractivity contribution in [1.82, 2.24) is 14.7 Å². The van der Waals surface area contributed by atoms with Crippen LogP contribution in [0.15, 0.2) is 16.2 Å². The van der Waals surface area contributed by atoms with Crippen molar-refractivity contribution >= 4 is 38.1 Å². The zero-order valence-corrected chi connectivity index (χ0v) is 10.2. The van der Waals surface area contributed by atoms with Crippen LogP contribution in [0.1, 0.15) is 10.5 Å². The number of hydrogen-bond donors (Lipinski definition) is 1. The predicted molar refractivity (Wildman–Crippen MR) is 59.1 cm³/mol. The number of nitrogens with zero attached hydrogens (tertiary/aromatic N) is 2. The first kappa shape index (κ1) is 11.5. The molecule has 2 heterocycles. The molecule has 0 aromatic carbocycles. The maximum absolute atomic E-state index is 11.9. The third-order valence-electron chi connectivity index (χ3n) is 1.84. The average Bonchev–Trinajstić information content (AvgIpc) is 2.78. The number of imidazole rings is 1. The Morgan fingerprint density at radius 3 is 3.06 bits per heavy atom. The van der Waals surface area contributed by atoms with Crippen molar-refractivity contribution in [3.8, 4) is 0 Å². The molecule has 1 N–H and O–H groups in total. The lowest BCUT2D eigenvalue weighted by molar-refractivity contribution is 0.0886. The Kier molecular flexibility index (Phi) is 3.20. The van der Waals surface area contributed by atoms with E-state index >= 15 is 0 Å². The first-order valence-corrected chi connectivity index (χ1v) is 5.94. The van der Waals surface area contributed by atoms with E-state index in [-0.39, 0.29) is 5.69 Å². The molecule has 2 aromatic rings. The van der Waals surface area contributed by atoms with Crippen LogP contribution in [0.4, 0.5) is 8.78 Å². The summed E-state index contributed by atoms with van der Waals surface area (Å²) in [6, 6.07) is 0. The van der Waals surface area contributed by atoms with Crippen LogP contribution < -0.4 is 5.32 Å². The minimum Gasteiger partial charge on any atom is -0.345 e. The number of alkyl halides is 2. The SMILES string of the molecule is O=C(NCC(F)F)c1nc2sccn2c1Br. The summed E-state index contributed by atoms with van der Waals surface area (Å²) in [6.07, 6.45) is -0.826. The minimum atomic E-state index is -2.56. The van der Waals surface area contributed by atoms with E-state index < -0.39 is 18.9 Å². The monoisotopic (exact) mass is 309 g/mol. The third-order valence-corrected chi connectivity index (χ3v) is 3.35. The molecule has 0 aliphatic carbocycles. The lowest BCUT2D eigenvalue weighted by Crippen LogP contribution is -2.29. The zero-order valence-electron chi connectivity index (χ0n) is 7.78. The van der Waals surface area contributed by atoms with Gasteiger partial charge in [-0.2, -0.15) is 0 Å². The van der Waals surface area contributed by atoms with E-state index in [1.807, 2.05) is 5.38 Å². The molecule has 86 valence electrons. The van der Waals surface area contributed by atoms with Gasteiger partial charge in [0.15, 0.2) is 10.7 Å². The molecule has 16 heavy (non-hydrogen) atoms. The predicted octanol–water partition coefficient (Wildman–Crippen LogP) is 2.15. The molecule has 0 aliphatic rings. The van der Waals surface area contributed by atoms with Gasteiger partial charge in [-0.3, -0.25) is 9.20 Å². The van der Waals surface area contributed by atoms with Crippen LogP contribution >= 0.6 is 27.3 Å². The van der Waals surface area contributed by atoms with E-state index in [0.29, 0.717) is 9.56 Å². The van der Waals surface area contributed by atoms with Crippen molar-refractivity contribution in [3.63, 3.8) is 0 Å². The van der Waals surface area contributed by atoms with Crippen LogP contribution in [0.5, 0.6) is 0 Å². The van der Waals surface area contributed by atoms with Gasteiger partial charge in [-0.15, -0.1) is 11.3 Å². The van der Waals surface area contributed by atoms with Gasteiger partial charge in [-0.1, -0.05) is 0 Å². The van der Waals surface area contributed by atoms with E-state index in [1.54, 1.807) is 10.6 Å². The molecule has 0 bridgehead atoms. The number of thiazole rings is 1. The number of rotatable bonds is 3. The Morgan fingerprint density at radius 2 is 2.44 bits per heavy atom. The summed E-state index contributed by atoms with van der Waals surface area (Å²) in [6.45, 7) is -0.670. The largest absolute Gasteiger partial charge is 0.345 e. The van der Waals surface area contributed by atoms with Crippen LogP contribution in [-0.2, 0) is 0 Å². The number of carbonyl (C=O) groups excluding carboxylic acids is 1. The molecule has 0 saturated heterocycles. The summed E-state index contributed by atoms with van der Waals surface area (Å²) in [5, 5.41) is 3.91. The molecule has 2 aromatic heterocycles. The second-order valence-electron chi connectivity index (χ2n) is 2.91. The highest BCUT2D eigenvalue weighted by Crippen LogP contribution is 2.22. The average molecular weight is 310 g/mol. The molecule has 0 spiro atoms. The lowest BCUT2D eigenvalue weighted by Gasteiger charge is -2.01. The van der Waals surface area contributed by atoms with Gasteiger partial charge in [0.05, 0.1) is 6.54 Å². The number of carbonyl (C=O) groups is 1. The molecule has 2 rings (SSSR count). The van der Waals surface area contributed by atoms with Crippen LogP contribution in [0.3, 0.4) is 0 Å². The van der Waals surface area contributed by atoms with Gasteiger partial charge >= 0.3 is 0 Å². The Balaban J connectivity index is 2.22. The van der Waals surface area contributed by atoms with Crippen molar-refractivity contribution < 1.29 is 13.6 Å². The fourth-order valence-electron chi connectivity index (χ4n) is 1.16. The van der Waals surface area contributed by atoms with E-state index in [0.717, 1.165) is 0 Å². The van der Waals surface area contributed by atoms with Gasteiger partial charge in [0.2, 0.25) is 0 Å². The Labute approximate surface area is 101 Å². The first-order valence-electron chi connectivity index (χ1n) is 4.27. The molecule has 0 atom stereocenters. The summed E-state index contributed by atoms with van der Waals surface area (Å²) >= 11 is 4.56. The van der Waals surface area contributed by atoms with Gasteiger partial charge in [0.25, 0.3) is 12.3 Å². The number of nitrogens with one attached hydrogen (secondary N) is 1. The maximum atomic E-state index is 11.9. The van der Waals surface area contributed by atoms with Gasteiger partial charge in [-0.05, 0) is 15.9 Å². The van der Waals surface area contributed by atoms with Crippen LogP contribution in [-0.4, -0.2) is 28.3 Å². The molecule has 1 amide bonds. The van der Waals surface area contributed by atoms with Crippen molar-refractivity contribution in [2.24, 2.45) is 0 Å². The fourth-order valence-corrected chi connectivity index (χ4v) is 2.54. The Morgan fingerprint density at radius 1 is 1.69 bits per heavy atom. The number of aromatic nitrogens is 2. The third kappa shape index (κ3) is 2.07. The normalized spacial score (nSPS) is 11.2. The van der Waals surface area contributed by atoms with E-state index in [4.69, 9.17) is 0 Å². The Bertz CT molecular complexity index is 524. The topological polar surface area (TPSA) is 46.4 Å². The number of halogens is 3. The molecule has 0 fully saturated rings. The smallest absolute Gasteiger partial charge is 0.272 e. The highest BCUT2D eigenvalue weighted by atomic mass is 79.9.